The first-order chi connectivity index (χ1) is 13.8. The molecule has 0 saturated heterocycles. The van der Waals surface area contributed by atoms with Gasteiger partial charge in [0.25, 0.3) is 0 Å². The van der Waals surface area contributed by atoms with Gasteiger partial charge in [-0.2, -0.15) is 13.2 Å². The summed E-state index contributed by atoms with van der Waals surface area (Å²) in [7, 11) is 0. The number of nitrogens with zero attached hydrogens (tertiary/aromatic N) is 1. The van der Waals surface area contributed by atoms with Crippen molar-refractivity contribution in [1.82, 2.24) is 10.6 Å². The molecule has 0 bridgehead atoms. The van der Waals surface area contributed by atoms with Crippen LogP contribution in [0, 0.1) is 5.92 Å². The lowest BCUT2D eigenvalue weighted by Crippen LogP contribution is -2.39. The molecule has 3 N–H and O–H groups in total. The molecule has 0 aromatic heterocycles. The lowest BCUT2D eigenvalue weighted by molar-refractivity contribution is -0.137. The fourth-order valence-electron chi connectivity index (χ4n) is 2.84. The number of halogens is 4. The van der Waals surface area contributed by atoms with Crippen LogP contribution < -0.4 is 10.6 Å². The van der Waals surface area contributed by atoms with Gasteiger partial charge in [-0.3, -0.25) is 4.99 Å². The minimum absolute atomic E-state index is 0. The smallest absolute Gasteiger partial charge is 0.389 e. The Balaban J connectivity index is 0.00000450. The molecule has 2 atom stereocenters. The number of guanidine groups is 1. The van der Waals surface area contributed by atoms with E-state index in [1.54, 1.807) is 6.07 Å². The average Bonchev–Trinajstić information content (AvgIpc) is 3.50. The van der Waals surface area contributed by atoms with Crippen molar-refractivity contribution in [2.24, 2.45) is 10.9 Å². The second-order valence-electron chi connectivity index (χ2n) is 7.59. The summed E-state index contributed by atoms with van der Waals surface area (Å²) < 4.78 is 44.1. The van der Waals surface area contributed by atoms with Gasteiger partial charge in [0.2, 0.25) is 0 Å². The van der Waals surface area contributed by atoms with E-state index in [4.69, 9.17) is 4.74 Å². The van der Waals surface area contributed by atoms with E-state index in [0.717, 1.165) is 6.07 Å². The Bertz CT molecular complexity index is 655. The summed E-state index contributed by atoms with van der Waals surface area (Å²) in [4.78, 5) is 4.36. The summed E-state index contributed by atoms with van der Waals surface area (Å²) in [5, 5.41) is 16.2. The van der Waals surface area contributed by atoms with Crippen LogP contribution in [0.1, 0.15) is 50.2 Å². The Morgan fingerprint density at radius 2 is 2.03 bits per heavy atom. The van der Waals surface area contributed by atoms with Crippen molar-refractivity contribution in [3.8, 4) is 0 Å². The molecule has 0 aliphatic heterocycles. The number of aliphatic imine (C=N–C) groups is 1. The van der Waals surface area contributed by atoms with Crippen molar-refractivity contribution in [2.75, 3.05) is 32.8 Å². The number of alkyl halides is 3. The molecule has 2 rings (SSSR count). The number of nitrogens with one attached hydrogen (secondary N) is 2. The Morgan fingerprint density at radius 1 is 1.30 bits per heavy atom. The molecule has 0 radical (unpaired) electrons. The maximum absolute atomic E-state index is 12.9. The van der Waals surface area contributed by atoms with Gasteiger partial charge in [0.05, 0.1) is 24.8 Å². The van der Waals surface area contributed by atoms with E-state index < -0.39 is 17.8 Å². The minimum Gasteiger partial charge on any atom is -0.389 e. The summed E-state index contributed by atoms with van der Waals surface area (Å²) in [6.07, 6.45) is -1.92. The van der Waals surface area contributed by atoms with Crippen molar-refractivity contribution in [1.29, 1.82) is 0 Å². The van der Waals surface area contributed by atoms with Gasteiger partial charge in [-0.15, -0.1) is 24.0 Å². The van der Waals surface area contributed by atoms with Crippen molar-refractivity contribution in [2.45, 2.75) is 51.3 Å². The normalized spacial score (nSPS) is 16.5. The van der Waals surface area contributed by atoms with Crippen molar-refractivity contribution < 1.29 is 23.0 Å². The highest BCUT2D eigenvalue weighted by atomic mass is 127. The van der Waals surface area contributed by atoms with Gasteiger partial charge < -0.3 is 20.5 Å². The SMILES string of the molecule is CCNC(=NCC(O)COCC1CC1)NCCC(C)c1cccc(C(F)(F)F)c1.I. The highest BCUT2D eigenvalue weighted by Gasteiger charge is 2.30. The number of ether oxygens (including phenoxy) is 1. The standard InChI is InChI=1S/C21H32F3N3O2.HI/c1-3-25-20(27-12-19(28)14-29-13-16-7-8-16)26-10-9-15(2)17-5-4-6-18(11-17)21(22,23)24;/h4-6,11,15-16,19,28H,3,7-10,12-14H2,1-2H3,(H2,25,26,27);1H. The van der Waals surface area contributed by atoms with Crippen LogP contribution in [0.5, 0.6) is 0 Å². The number of rotatable bonds is 11. The molecule has 1 aliphatic rings. The molecule has 1 fully saturated rings. The van der Waals surface area contributed by atoms with Crippen LogP contribution in [-0.2, 0) is 10.9 Å². The third kappa shape index (κ3) is 10.3. The van der Waals surface area contributed by atoms with Gasteiger partial charge >= 0.3 is 6.18 Å². The number of aliphatic hydroxyl groups is 1. The van der Waals surface area contributed by atoms with E-state index in [1.807, 2.05) is 13.8 Å². The molecule has 1 aliphatic carbocycles. The van der Waals surface area contributed by atoms with E-state index in [-0.39, 0.29) is 43.0 Å². The van der Waals surface area contributed by atoms with E-state index in [9.17, 15) is 18.3 Å². The Hall–Kier alpha value is -1.07. The van der Waals surface area contributed by atoms with Gasteiger partial charge in [-0.05, 0) is 49.7 Å². The zero-order valence-electron chi connectivity index (χ0n) is 17.5. The summed E-state index contributed by atoms with van der Waals surface area (Å²) in [6, 6.07) is 5.46. The van der Waals surface area contributed by atoms with Crippen molar-refractivity contribution in [3.63, 3.8) is 0 Å². The summed E-state index contributed by atoms with van der Waals surface area (Å²) >= 11 is 0. The van der Waals surface area contributed by atoms with E-state index >= 15 is 0 Å². The second-order valence-corrected chi connectivity index (χ2v) is 7.59. The molecule has 5 nitrogen and oxygen atoms in total. The molecular formula is C21H33F3IN3O2. The predicted octanol–water partition coefficient (Wildman–Crippen LogP) is 4.16. The molecular weight excluding hydrogens is 510 g/mol. The van der Waals surface area contributed by atoms with Gasteiger partial charge in [0.15, 0.2) is 5.96 Å². The van der Waals surface area contributed by atoms with Crippen LogP contribution in [-0.4, -0.2) is 50.0 Å². The Kier molecular flexibility index (Phi) is 12.0. The summed E-state index contributed by atoms with van der Waals surface area (Å²) in [5.74, 6) is 1.20. The molecule has 0 heterocycles. The van der Waals surface area contributed by atoms with Crippen LogP contribution in [0.4, 0.5) is 13.2 Å². The molecule has 30 heavy (non-hydrogen) atoms. The first kappa shape index (κ1) is 27.0. The number of benzene rings is 1. The molecule has 2 unspecified atom stereocenters. The lowest BCUT2D eigenvalue weighted by Gasteiger charge is -2.17. The molecule has 1 aromatic carbocycles. The fraction of sp³-hybridized carbons (Fsp3) is 0.667. The average molecular weight is 543 g/mol. The maximum Gasteiger partial charge on any atom is 0.416 e. The molecule has 0 amide bonds. The first-order valence-corrected chi connectivity index (χ1v) is 10.2. The number of hydrogen-bond donors (Lipinski definition) is 3. The third-order valence-electron chi connectivity index (χ3n) is 4.82. The summed E-state index contributed by atoms with van der Waals surface area (Å²) in [5.41, 5.74) is 0.0365. The largest absolute Gasteiger partial charge is 0.416 e. The topological polar surface area (TPSA) is 65.9 Å². The van der Waals surface area contributed by atoms with Gasteiger partial charge in [0.1, 0.15) is 0 Å². The van der Waals surface area contributed by atoms with Crippen LogP contribution in [0.2, 0.25) is 0 Å². The monoisotopic (exact) mass is 543 g/mol. The van der Waals surface area contributed by atoms with Crippen LogP contribution in [0.25, 0.3) is 0 Å². The van der Waals surface area contributed by atoms with Crippen molar-refractivity contribution in [3.05, 3.63) is 35.4 Å². The molecule has 0 spiro atoms. The number of aliphatic hydroxyl groups excluding tert-OH is 1. The highest BCUT2D eigenvalue weighted by molar-refractivity contribution is 14.0. The van der Waals surface area contributed by atoms with Crippen LogP contribution >= 0.6 is 24.0 Å². The Morgan fingerprint density at radius 3 is 2.67 bits per heavy atom. The van der Waals surface area contributed by atoms with Crippen LogP contribution in [0.3, 0.4) is 0 Å². The van der Waals surface area contributed by atoms with Gasteiger partial charge in [-0.25, -0.2) is 0 Å². The molecule has 172 valence electrons. The van der Waals surface area contributed by atoms with Crippen LogP contribution in [0.15, 0.2) is 29.3 Å². The highest BCUT2D eigenvalue weighted by Crippen LogP contribution is 2.31. The third-order valence-corrected chi connectivity index (χ3v) is 4.82. The molecule has 1 aromatic rings. The molecule has 9 heteroatoms. The summed E-state index contributed by atoms with van der Waals surface area (Å²) in [6.45, 7) is 6.27. The minimum atomic E-state index is -4.33. The van der Waals surface area contributed by atoms with E-state index in [1.165, 1.54) is 25.0 Å². The second kappa shape index (κ2) is 13.4. The van der Waals surface area contributed by atoms with E-state index in [0.29, 0.717) is 43.6 Å². The zero-order valence-corrected chi connectivity index (χ0v) is 19.9. The maximum atomic E-state index is 12.9. The first-order valence-electron chi connectivity index (χ1n) is 10.2. The predicted molar refractivity (Wildman–Crippen MR) is 123 cm³/mol. The quantitative estimate of drug-likeness (QED) is 0.223. The fourth-order valence-corrected chi connectivity index (χ4v) is 2.84. The lowest BCUT2D eigenvalue weighted by atomic mass is 9.96. The van der Waals surface area contributed by atoms with E-state index in [2.05, 4.69) is 15.6 Å². The Labute approximate surface area is 193 Å². The van der Waals surface area contributed by atoms with Gasteiger partial charge in [0, 0.05) is 19.7 Å². The zero-order chi connectivity index (χ0) is 21.3. The van der Waals surface area contributed by atoms with Crippen molar-refractivity contribution >= 4 is 29.9 Å². The molecule has 1 saturated carbocycles. The number of hydrogen-bond acceptors (Lipinski definition) is 3. The van der Waals surface area contributed by atoms with Gasteiger partial charge in [-0.1, -0.05) is 25.1 Å².